The number of nitrogens with one attached hydrogen (secondary N) is 2. The molecule has 0 bridgehead atoms. The predicted octanol–water partition coefficient (Wildman–Crippen LogP) is 4.92. The van der Waals surface area contributed by atoms with Crippen LogP contribution in [0, 0.1) is 20.8 Å². The lowest BCUT2D eigenvalue weighted by atomic mass is 10.1. The molecule has 25 heavy (non-hydrogen) atoms. The van der Waals surface area contributed by atoms with E-state index >= 15 is 0 Å². The van der Waals surface area contributed by atoms with Crippen LogP contribution < -0.4 is 15.4 Å². The molecule has 2 N–H and O–H groups in total. The molecule has 0 atom stereocenters. The number of amides is 2. The van der Waals surface area contributed by atoms with Gasteiger partial charge in [-0.15, -0.1) is 0 Å². The van der Waals surface area contributed by atoms with Crippen molar-refractivity contribution in [1.82, 2.24) is 5.32 Å². The summed E-state index contributed by atoms with van der Waals surface area (Å²) in [5.41, 5.74) is 4.07. The number of rotatable bonds is 4. The second-order valence-electron chi connectivity index (χ2n) is 6.13. The summed E-state index contributed by atoms with van der Waals surface area (Å²) in [7, 11) is 0. The van der Waals surface area contributed by atoms with E-state index < -0.39 is 0 Å². The Morgan fingerprint density at radius 1 is 0.920 bits per heavy atom. The molecule has 3 aromatic carbocycles. The zero-order valence-electron chi connectivity index (χ0n) is 14.7. The van der Waals surface area contributed by atoms with Crippen LogP contribution >= 0.6 is 0 Å². The minimum absolute atomic E-state index is 0.116. The predicted molar refractivity (Wildman–Crippen MR) is 102 cm³/mol. The van der Waals surface area contributed by atoms with Gasteiger partial charge in [-0.05, 0) is 60.4 Å². The number of carbonyl (C=O) groups is 1. The molecule has 0 aliphatic carbocycles. The highest BCUT2D eigenvalue weighted by Crippen LogP contribution is 2.25. The summed E-state index contributed by atoms with van der Waals surface area (Å²) >= 11 is 0. The third-order valence-electron chi connectivity index (χ3n) is 4.33. The fraction of sp³-hybridized carbons (Fsp3) is 0.190. The van der Waals surface area contributed by atoms with E-state index in [0.29, 0.717) is 0 Å². The molecule has 0 unspecified atom stereocenters. The van der Waals surface area contributed by atoms with Gasteiger partial charge in [-0.3, -0.25) is 0 Å². The van der Waals surface area contributed by atoms with Crippen LogP contribution in [-0.2, 0) is 0 Å². The minimum Gasteiger partial charge on any atom is -0.473 e. The molecule has 4 nitrogen and oxygen atoms in total. The van der Waals surface area contributed by atoms with Gasteiger partial charge < -0.3 is 15.4 Å². The van der Waals surface area contributed by atoms with Gasteiger partial charge in [-0.1, -0.05) is 42.5 Å². The number of benzene rings is 3. The summed E-state index contributed by atoms with van der Waals surface area (Å²) in [5.74, 6) is 0.825. The summed E-state index contributed by atoms with van der Waals surface area (Å²) in [6.45, 7) is 6.18. The van der Waals surface area contributed by atoms with Gasteiger partial charge in [0.25, 0.3) is 0 Å². The number of anilines is 1. The summed E-state index contributed by atoms with van der Waals surface area (Å²) in [5, 5.41) is 7.79. The molecule has 4 heteroatoms. The van der Waals surface area contributed by atoms with Crippen LogP contribution in [0.15, 0.2) is 54.6 Å². The Morgan fingerprint density at radius 3 is 2.44 bits per heavy atom. The monoisotopic (exact) mass is 334 g/mol. The lowest BCUT2D eigenvalue weighted by Gasteiger charge is -2.15. The highest BCUT2D eigenvalue weighted by Gasteiger charge is 2.07. The van der Waals surface area contributed by atoms with E-state index in [2.05, 4.69) is 16.7 Å². The lowest BCUT2D eigenvalue weighted by molar-refractivity contribution is 0.234. The molecule has 0 radical (unpaired) electrons. The zero-order chi connectivity index (χ0) is 17.8. The lowest BCUT2D eigenvalue weighted by Crippen LogP contribution is -2.32. The maximum atomic E-state index is 12.1. The molecule has 2 amide bonds. The van der Waals surface area contributed by atoms with Crippen LogP contribution in [0.2, 0.25) is 0 Å². The van der Waals surface area contributed by atoms with Crippen molar-refractivity contribution in [2.24, 2.45) is 0 Å². The minimum atomic E-state index is -0.293. The quantitative estimate of drug-likeness (QED) is 0.665. The van der Waals surface area contributed by atoms with Crippen LogP contribution in [-0.4, -0.2) is 12.8 Å². The van der Waals surface area contributed by atoms with Gasteiger partial charge >= 0.3 is 6.03 Å². The SMILES string of the molecule is Cc1ccc(C)c(OCNC(=O)Nc2ccc3ccccc3c2)c1C. The topological polar surface area (TPSA) is 50.4 Å². The second kappa shape index (κ2) is 7.26. The van der Waals surface area contributed by atoms with Crippen molar-refractivity contribution < 1.29 is 9.53 Å². The molecule has 0 saturated heterocycles. The van der Waals surface area contributed by atoms with E-state index in [1.54, 1.807) is 0 Å². The number of fused-ring (bicyclic) bond motifs is 1. The average Bonchev–Trinajstić information content (AvgIpc) is 2.61. The Morgan fingerprint density at radius 2 is 1.64 bits per heavy atom. The summed E-state index contributed by atoms with van der Waals surface area (Å²) in [6, 6.07) is 17.7. The molecule has 0 fully saturated rings. The molecule has 0 heterocycles. The van der Waals surface area contributed by atoms with Gasteiger partial charge in [0.1, 0.15) is 5.75 Å². The largest absolute Gasteiger partial charge is 0.473 e. The van der Waals surface area contributed by atoms with Crippen LogP contribution in [0.5, 0.6) is 5.75 Å². The molecular formula is C21H22N2O2. The van der Waals surface area contributed by atoms with Crippen molar-refractivity contribution in [3.8, 4) is 5.75 Å². The molecule has 0 saturated carbocycles. The van der Waals surface area contributed by atoms with Gasteiger partial charge in [-0.2, -0.15) is 0 Å². The van der Waals surface area contributed by atoms with Gasteiger partial charge in [0.2, 0.25) is 0 Å². The number of ether oxygens (including phenoxy) is 1. The Labute approximate surface area is 147 Å². The molecule has 3 aromatic rings. The Hall–Kier alpha value is -3.01. The third-order valence-corrected chi connectivity index (χ3v) is 4.33. The van der Waals surface area contributed by atoms with Crippen molar-refractivity contribution in [3.63, 3.8) is 0 Å². The van der Waals surface area contributed by atoms with Gasteiger partial charge in [-0.25, -0.2) is 4.79 Å². The van der Waals surface area contributed by atoms with E-state index in [1.807, 2.05) is 69.3 Å². The summed E-state index contributed by atoms with van der Waals surface area (Å²) in [4.78, 5) is 12.1. The molecule has 128 valence electrons. The molecule has 0 aliphatic heterocycles. The van der Waals surface area contributed by atoms with E-state index in [9.17, 15) is 4.79 Å². The summed E-state index contributed by atoms with van der Waals surface area (Å²) in [6.07, 6.45) is 0. The Bertz CT molecular complexity index is 919. The summed E-state index contributed by atoms with van der Waals surface area (Å²) < 4.78 is 5.76. The standard InChI is InChI=1S/C21H22N2O2/c1-14-8-9-15(2)20(16(14)3)25-13-22-21(24)23-19-11-10-17-6-4-5-7-18(17)12-19/h4-12H,13H2,1-3H3,(H2,22,23,24). The first-order chi connectivity index (χ1) is 12.0. The van der Waals surface area contributed by atoms with Crippen LogP contribution in [0.3, 0.4) is 0 Å². The van der Waals surface area contributed by atoms with E-state index in [0.717, 1.165) is 33.3 Å². The van der Waals surface area contributed by atoms with Crippen LogP contribution in [0.25, 0.3) is 10.8 Å². The average molecular weight is 334 g/mol. The maximum absolute atomic E-state index is 12.1. The van der Waals surface area contributed by atoms with E-state index in [-0.39, 0.29) is 12.8 Å². The number of carbonyl (C=O) groups excluding carboxylic acids is 1. The molecular weight excluding hydrogens is 312 g/mol. The first-order valence-electron chi connectivity index (χ1n) is 8.28. The fourth-order valence-corrected chi connectivity index (χ4v) is 2.76. The third kappa shape index (κ3) is 3.91. The van der Waals surface area contributed by atoms with Crippen LogP contribution in [0.1, 0.15) is 16.7 Å². The molecule has 3 rings (SSSR count). The van der Waals surface area contributed by atoms with Gasteiger partial charge in [0.15, 0.2) is 6.73 Å². The van der Waals surface area contributed by atoms with Crippen molar-refractivity contribution in [1.29, 1.82) is 0 Å². The number of urea groups is 1. The number of aryl methyl sites for hydroxylation is 2. The number of hydrogen-bond acceptors (Lipinski definition) is 2. The fourth-order valence-electron chi connectivity index (χ4n) is 2.76. The van der Waals surface area contributed by atoms with Crippen molar-refractivity contribution in [2.45, 2.75) is 20.8 Å². The first kappa shape index (κ1) is 16.8. The highest BCUT2D eigenvalue weighted by atomic mass is 16.5. The van der Waals surface area contributed by atoms with Crippen molar-refractivity contribution in [3.05, 3.63) is 71.3 Å². The first-order valence-corrected chi connectivity index (χ1v) is 8.28. The highest BCUT2D eigenvalue weighted by molar-refractivity contribution is 5.93. The van der Waals surface area contributed by atoms with Crippen molar-refractivity contribution in [2.75, 3.05) is 12.0 Å². The smallest absolute Gasteiger partial charge is 0.321 e. The Balaban J connectivity index is 1.58. The number of hydrogen-bond donors (Lipinski definition) is 2. The Kier molecular flexibility index (Phi) is 4.89. The van der Waals surface area contributed by atoms with Crippen LogP contribution in [0.4, 0.5) is 10.5 Å². The molecule has 0 aromatic heterocycles. The van der Waals surface area contributed by atoms with Gasteiger partial charge in [0.05, 0.1) is 0 Å². The van der Waals surface area contributed by atoms with Crippen molar-refractivity contribution >= 4 is 22.5 Å². The zero-order valence-corrected chi connectivity index (χ0v) is 14.7. The molecule has 0 aliphatic rings. The molecule has 0 spiro atoms. The second-order valence-corrected chi connectivity index (χ2v) is 6.13. The maximum Gasteiger partial charge on any atom is 0.321 e. The van der Waals surface area contributed by atoms with E-state index in [1.165, 1.54) is 5.56 Å². The van der Waals surface area contributed by atoms with Gasteiger partial charge in [0, 0.05) is 5.69 Å². The van der Waals surface area contributed by atoms with E-state index in [4.69, 9.17) is 4.74 Å². The normalized spacial score (nSPS) is 10.5.